The number of hydrogen-bond acceptors (Lipinski definition) is 5. The van der Waals surface area contributed by atoms with E-state index in [2.05, 4.69) is 34.9 Å². The van der Waals surface area contributed by atoms with E-state index in [0.717, 1.165) is 60.1 Å². The van der Waals surface area contributed by atoms with E-state index in [-0.39, 0.29) is 12.3 Å². The molecule has 186 valence electrons. The van der Waals surface area contributed by atoms with Gasteiger partial charge in [0.2, 0.25) is 0 Å². The van der Waals surface area contributed by atoms with Gasteiger partial charge in [-0.05, 0) is 31.1 Å². The second-order valence-corrected chi connectivity index (χ2v) is 9.02. The van der Waals surface area contributed by atoms with Gasteiger partial charge in [-0.25, -0.2) is 4.98 Å². The number of rotatable bonds is 11. The Kier molecular flexibility index (Phi) is 8.13. The second kappa shape index (κ2) is 11.6. The Morgan fingerprint density at radius 3 is 2.42 bits per heavy atom. The number of nitrogens with two attached hydrogens (primary N) is 1. The van der Waals surface area contributed by atoms with Gasteiger partial charge < -0.3 is 21.5 Å². The Hall–Kier alpha value is -3.97. The number of benzene rings is 2. The fraction of sp³-hybridized carbons (Fsp3) is 0.276. The van der Waals surface area contributed by atoms with Crippen molar-refractivity contribution < 1.29 is 14.7 Å². The van der Waals surface area contributed by atoms with Gasteiger partial charge in [0.1, 0.15) is 0 Å². The maximum atomic E-state index is 12.3. The molecule has 0 aliphatic heterocycles. The third-order valence-electron chi connectivity index (χ3n) is 6.35. The Morgan fingerprint density at radius 2 is 1.69 bits per heavy atom. The fourth-order valence-corrected chi connectivity index (χ4v) is 4.19. The SMILES string of the molecule is NC(=O)C1(O)C=CC(C(=O)NCCCCCCNc2cc(-c3ccccc3)nc3ccccc23)=CC1. The highest BCUT2D eigenvalue weighted by Gasteiger charge is 2.32. The lowest BCUT2D eigenvalue weighted by molar-refractivity contribution is -0.131. The van der Waals surface area contributed by atoms with Crippen LogP contribution in [-0.2, 0) is 9.59 Å². The molecule has 4 rings (SSSR count). The molecule has 36 heavy (non-hydrogen) atoms. The standard InChI is InChI=1S/C29H32N4O3/c30-28(35)29(36)16-14-22(15-17-29)27(34)32-19-9-2-1-8-18-31-26-20-25(21-10-4-3-5-11-21)33-24-13-7-6-12-23(24)26/h3-7,10-16,20,36H,1-2,8-9,17-19H2,(H2,30,35)(H,31,33)(H,32,34). The summed E-state index contributed by atoms with van der Waals surface area (Å²) in [6, 6.07) is 20.5. The molecule has 0 radical (unpaired) electrons. The summed E-state index contributed by atoms with van der Waals surface area (Å²) in [6.07, 6.45) is 8.23. The molecule has 0 saturated heterocycles. The van der Waals surface area contributed by atoms with Crippen LogP contribution in [0.4, 0.5) is 5.69 Å². The highest BCUT2D eigenvalue weighted by molar-refractivity contribution is 5.98. The number of carbonyl (C=O) groups excluding carboxylic acids is 2. The van der Waals surface area contributed by atoms with Crippen LogP contribution in [0.25, 0.3) is 22.2 Å². The van der Waals surface area contributed by atoms with E-state index < -0.39 is 11.5 Å². The molecule has 1 aromatic heterocycles. The number of unbranched alkanes of at least 4 members (excludes halogenated alkanes) is 3. The zero-order chi connectivity index (χ0) is 25.4. The minimum absolute atomic E-state index is 0.00813. The van der Waals surface area contributed by atoms with Crippen LogP contribution >= 0.6 is 0 Å². The van der Waals surface area contributed by atoms with Gasteiger partial charge >= 0.3 is 0 Å². The molecule has 1 atom stereocenters. The van der Waals surface area contributed by atoms with Gasteiger partial charge in [-0.3, -0.25) is 9.59 Å². The van der Waals surface area contributed by atoms with Crippen molar-refractivity contribution in [1.29, 1.82) is 0 Å². The van der Waals surface area contributed by atoms with E-state index in [4.69, 9.17) is 10.7 Å². The topological polar surface area (TPSA) is 117 Å². The first-order valence-corrected chi connectivity index (χ1v) is 12.4. The number of hydrogen-bond donors (Lipinski definition) is 4. The smallest absolute Gasteiger partial charge is 0.253 e. The van der Waals surface area contributed by atoms with Crippen molar-refractivity contribution in [1.82, 2.24) is 10.3 Å². The average Bonchev–Trinajstić information content (AvgIpc) is 2.90. The summed E-state index contributed by atoms with van der Waals surface area (Å²) >= 11 is 0. The summed E-state index contributed by atoms with van der Waals surface area (Å²) < 4.78 is 0. The van der Waals surface area contributed by atoms with Crippen molar-refractivity contribution in [2.24, 2.45) is 5.73 Å². The predicted octanol–water partition coefficient (Wildman–Crippen LogP) is 4.09. The second-order valence-electron chi connectivity index (χ2n) is 9.02. The Morgan fingerprint density at radius 1 is 0.972 bits per heavy atom. The van der Waals surface area contributed by atoms with Crippen molar-refractivity contribution in [2.45, 2.75) is 37.7 Å². The number of primary amides is 1. The molecule has 1 aliphatic carbocycles. The van der Waals surface area contributed by atoms with Gasteiger partial charge in [0.05, 0.1) is 11.2 Å². The summed E-state index contributed by atoms with van der Waals surface area (Å²) in [5.41, 5.74) is 8.02. The van der Waals surface area contributed by atoms with Crippen LogP contribution in [0.1, 0.15) is 32.1 Å². The number of carbonyl (C=O) groups is 2. The first-order chi connectivity index (χ1) is 17.5. The highest BCUT2D eigenvalue weighted by atomic mass is 16.3. The molecule has 2 amide bonds. The Bertz CT molecular complexity index is 1290. The number of nitrogens with one attached hydrogen (secondary N) is 2. The maximum absolute atomic E-state index is 12.3. The first kappa shape index (κ1) is 25.1. The molecule has 1 heterocycles. The molecule has 1 unspecified atom stereocenters. The third-order valence-corrected chi connectivity index (χ3v) is 6.35. The van der Waals surface area contributed by atoms with Crippen molar-refractivity contribution in [3.8, 4) is 11.3 Å². The number of anilines is 1. The molecule has 7 heteroatoms. The summed E-state index contributed by atoms with van der Waals surface area (Å²) in [6.45, 7) is 1.43. The molecule has 7 nitrogen and oxygen atoms in total. The van der Waals surface area contributed by atoms with Gasteiger partial charge in [0.25, 0.3) is 11.8 Å². The zero-order valence-electron chi connectivity index (χ0n) is 20.2. The number of nitrogens with zero attached hydrogens (tertiary/aromatic N) is 1. The number of pyridine rings is 1. The van der Waals surface area contributed by atoms with Crippen LogP contribution in [-0.4, -0.2) is 40.6 Å². The average molecular weight is 485 g/mol. The summed E-state index contributed by atoms with van der Waals surface area (Å²) in [7, 11) is 0. The van der Waals surface area contributed by atoms with Crippen LogP contribution < -0.4 is 16.4 Å². The summed E-state index contributed by atoms with van der Waals surface area (Å²) in [4.78, 5) is 28.4. The normalized spacial score (nSPS) is 17.0. The van der Waals surface area contributed by atoms with Crippen LogP contribution in [0, 0.1) is 0 Å². The van der Waals surface area contributed by atoms with E-state index in [9.17, 15) is 14.7 Å². The Balaban J connectivity index is 1.19. The Labute approximate surface area is 211 Å². The van der Waals surface area contributed by atoms with E-state index >= 15 is 0 Å². The molecule has 0 spiro atoms. The largest absolute Gasteiger partial charge is 0.384 e. The first-order valence-electron chi connectivity index (χ1n) is 12.4. The predicted molar refractivity (Wildman–Crippen MR) is 143 cm³/mol. The van der Waals surface area contributed by atoms with Crippen LogP contribution in [0.3, 0.4) is 0 Å². The van der Waals surface area contributed by atoms with Crippen LogP contribution in [0.2, 0.25) is 0 Å². The number of aromatic nitrogens is 1. The molecule has 3 aromatic rings. The third kappa shape index (κ3) is 6.17. The monoisotopic (exact) mass is 484 g/mol. The van der Waals surface area contributed by atoms with Crippen molar-refractivity contribution in [2.75, 3.05) is 18.4 Å². The molecule has 1 aliphatic rings. The van der Waals surface area contributed by atoms with Gasteiger partial charge in [0, 0.05) is 41.7 Å². The number of amides is 2. The molecule has 0 bridgehead atoms. The fourth-order valence-electron chi connectivity index (χ4n) is 4.19. The minimum Gasteiger partial charge on any atom is -0.384 e. The highest BCUT2D eigenvalue weighted by Crippen LogP contribution is 2.28. The molecular formula is C29H32N4O3. The van der Waals surface area contributed by atoms with E-state index in [0.29, 0.717) is 12.1 Å². The van der Waals surface area contributed by atoms with Crippen LogP contribution in [0.15, 0.2) is 84.5 Å². The van der Waals surface area contributed by atoms with Crippen molar-refractivity contribution >= 4 is 28.4 Å². The molecular weight excluding hydrogens is 452 g/mol. The number of fused-ring (bicyclic) bond motifs is 1. The van der Waals surface area contributed by atoms with E-state index in [1.54, 1.807) is 0 Å². The van der Waals surface area contributed by atoms with Gasteiger partial charge in [-0.15, -0.1) is 0 Å². The molecule has 5 N–H and O–H groups in total. The summed E-state index contributed by atoms with van der Waals surface area (Å²) in [5, 5.41) is 17.6. The van der Waals surface area contributed by atoms with Crippen molar-refractivity contribution in [3.05, 3.63) is 84.5 Å². The lowest BCUT2D eigenvalue weighted by Crippen LogP contribution is -2.43. The molecule has 2 aromatic carbocycles. The van der Waals surface area contributed by atoms with Gasteiger partial charge in [-0.2, -0.15) is 0 Å². The molecule has 0 fully saturated rings. The lowest BCUT2D eigenvalue weighted by Gasteiger charge is -2.22. The summed E-state index contributed by atoms with van der Waals surface area (Å²) in [5.74, 6) is -1.03. The number of para-hydroxylation sites is 1. The quantitative estimate of drug-likeness (QED) is 0.306. The lowest BCUT2D eigenvalue weighted by atomic mass is 9.91. The van der Waals surface area contributed by atoms with Crippen molar-refractivity contribution in [3.63, 3.8) is 0 Å². The maximum Gasteiger partial charge on any atom is 0.253 e. The van der Waals surface area contributed by atoms with E-state index in [1.165, 1.54) is 18.2 Å². The zero-order valence-corrected chi connectivity index (χ0v) is 20.2. The van der Waals surface area contributed by atoms with Gasteiger partial charge in [-0.1, -0.05) is 73.5 Å². The van der Waals surface area contributed by atoms with Gasteiger partial charge in [0.15, 0.2) is 5.60 Å². The minimum atomic E-state index is -1.70. The molecule has 0 saturated carbocycles. The number of aliphatic hydroxyl groups is 1. The van der Waals surface area contributed by atoms with E-state index in [1.807, 2.05) is 36.4 Å². The van der Waals surface area contributed by atoms with Crippen LogP contribution in [0.5, 0.6) is 0 Å².